The summed E-state index contributed by atoms with van der Waals surface area (Å²) in [5.74, 6) is 4.37. The summed E-state index contributed by atoms with van der Waals surface area (Å²) in [5.41, 5.74) is 2.70. The van der Waals surface area contributed by atoms with Crippen LogP contribution in [0.3, 0.4) is 0 Å². The van der Waals surface area contributed by atoms with E-state index in [-0.39, 0.29) is 36.9 Å². The fourth-order valence-electron chi connectivity index (χ4n) is 3.91. The van der Waals surface area contributed by atoms with Crippen LogP contribution >= 0.6 is 0 Å². The topological polar surface area (TPSA) is 88.0 Å². The molecule has 1 aromatic heterocycles. The third-order valence-corrected chi connectivity index (χ3v) is 5.93. The van der Waals surface area contributed by atoms with E-state index in [4.69, 9.17) is 17.6 Å². The summed E-state index contributed by atoms with van der Waals surface area (Å²) in [6, 6.07) is 6.80. The Morgan fingerprint density at radius 2 is 1.97 bits per heavy atom. The zero-order valence-electron chi connectivity index (χ0n) is 20.4. The van der Waals surface area contributed by atoms with Crippen molar-refractivity contribution in [1.82, 2.24) is 19.6 Å². The van der Waals surface area contributed by atoms with Crippen LogP contribution in [0.15, 0.2) is 24.3 Å². The second-order valence-electron chi connectivity index (χ2n) is 8.43. The van der Waals surface area contributed by atoms with E-state index in [0.29, 0.717) is 47.7 Å². The van der Waals surface area contributed by atoms with Crippen molar-refractivity contribution in [3.05, 3.63) is 35.5 Å². The quantitative estimate of drug-likeness (QED) is 0.542. The van der Waals surface area contributed by atoms with E-state index in [9.17, 15) is 14.4 Å². The number of anilines is 1. The number of benzene rings is 1. The van der Waals surface area contributed by atoms with E-state index in [1.54, 1.807) is 43.0 Å². The van der Waals surface area contributed by atoms with Crippen LogP contribution in [0.25, 0.3) is 11.3 Å². The molecule has 0 saturated heterocycles. The summed E-state index contributed by atoms with van der Waals surface area (Å²) in [6.45, 7) is 2.58. The van der Waals surface area contributed by atoms with Crippen LogP contribution < -0.4 is 4.90 Å². The second kappa shape index (κ2) is 10.9. The first-order chi connectivity index (χ1) is 16.7. The Bertz CT molecular complexity index is 1220. The average Bonchev–Trinajstić information content (AvgIpc) is 3.31. The monoisotopic (exact) mass is 475 g/mol. The molecule has 0 N–H and O–H groups in total. The Balaban J connectivity index is 1.94. The average molecular weight is 476 g/mol. The summed E-state index contributed by atoms with van der Waals surface area (Å²) in [7, 11) is 4.75. The first-order valence-corrected chi connectivity index (χ1v) is 11.1. The molecule has 0 spiro atoms. The van der Waals surface area contributed by atoms with Crippen LogP contribution in [-0.4, -0.2) is 84.7 Å². The summed E-state index contributed by atoms with van der Waals surface area (Å²) in [5, 5.41) is 4.68. The number of carbonyl (C=O) groups excluding carboxylic acids is 3. The normalized spacial score (nSPS) is 14.6. The fraction of sp³-hybridized carbons (Fsp3) is 0.385. The Labute approximate surface area is 205 Å². The van der Waals surface area contributed by atoms with Crippen molar-refractivity contribution < 1.29 is 19.1 Å². The van der Waals surface area contributed by atoms with Crippen LogP contribution in [0.1, 0.15) is 35.4 Å². The number of hydrogen-bond donors (Lipinski definition) is 0. The summed E-state index contributed by atoms with van der Waals surface area (Å²) >= 11 is 0. The first kappa shape index (κ1) is 25.5. The minimum absolute atomic E-state index is 0.0405. The highest BCUT2D eigenvalue weighted by Crippen LogP contribution is 2.33. The van der Waals surface area contributed by atoms with Gasteiger partial charge in [0.25, 0.3) is 11.8 Å². The lowest BCUT2D eigenvalue weighted by molar-refractivity contribution is -0.130. The summed E-state index contributed by atoms with van der Waals surface area (Å²) in [4.78, 5) is 42.8. The molecule has 3 amide bonds. The predicted molar refractivity (Wildman–Crippen MR) is 133 cm³/mol. The highest BCUT2D eigenvalue weighted by atomic mass is 16.5. The van der Waals surface area contributed by atoms with Crippen molar-refractivity contribution in [1.29, 1.82) is 0 Å². The van der Waals surface area contributed by atoms with Crippen LogP contribution in [0.5, 0.6) is 0 Å². The molecule has 182 valence electrons. The molecule has 1 aromatic carbocycles. The predicted octanol–water partition coefficient (Wildman–Crippen LogP) is 1.64. The summed E-state index contributed by atoms with van der Waals surface area (Å²) < 4.78 is 6.65. The van der Waals surface area contributed by atoms with Crippen LogP contribution in [0.2, 0.25) is 0 Å². The van der Waals surface area contributed by atoms with Gasteiger partial charge in [-0.1, -0.05) is 5.92 Å². The molecular formula is C26H29N5O4. The SMILES string of the molecule is C#CCCN(C)C(=O)CN1CC(C)n2nc(-c3ccc(C#C)cc3N(C)C(=O)COC)cc2C1=O. The fourth-order valence-corrected chi connectivity index (χ4v) is 3.91. The van der Waals surface area contributed by atoms with E-state index in [1.165, 1.54) is 21.8 Å². The number of likely N-dealkylation sites (N-methyl/N-ethyl adjacent to an activating group) is 2. The number of aromatic nitrogens is 2. The molecule has 3 rings (SSSR count). The van der Waals surface area contributed by atoms with Crippen molar-refractivity contribution in [3.63, 3.8) is 0 Å². The number of amides is 3. The van der Waals surface area contributed by atoms with Crippen LogP contribution in [-0.2, 0) is 14.3 Å². The molecule has 0 bridgehead atoms. The van der Waals surface area contributed by atoms with E-state index >= 15 is 0 Å². The zero-order valence-corrected chi connectivity index (χ0v) is 20.4. The minimum atomic E-state index is -0.286. The van der Waals surface area contributed by atoms with Gasteiger partial charge in [-0.15, -0.1) is 18.8 Å². The standard InChI is InChI=1S/C26H29N5O4/c1-7-9-12-28(4)24(32)16-30-15-18(3)31-23(26(30)34)14-21(27-31)20-11-10-19(8-2)13-22(20)29(5)25(33)17-35-6/h1-2,10-11,13-14,18H,9,12,15-17H2,3-6H3. The van der Waals surface area contributed by atoms with Gasteiger partial charge in [0.2, 0.25) is 5.91 Å². The number of nitrogens with zero attached hydrogens (tertiary/aromatic N) is 5. The molecule has 1 unspecified atom stereocenters. The van der Waals surface area contributed by atoms with Gasteiger partial charge in [0.15, 0.2) is 0 Å². The van der Waals surface area contributed by atoms with Gasteiger partial charge in [-0.2, -0.15) is 5.10 Å². The molecule has 9 nitrogen and oxygen atoms in total. The van der Waals surface area contributed by atoms with Gasteiger partial charge in [0.1, 0.15) is 18.8 Å². The van der Waals surface area contributed by atoms with Crippen molar-refractivity contribution in [3.8, 4) is 35.9 Å². The highest BCUT2D eigenvalue weighted by molar-refractivity contribution is 6.00. The number of carbonyl (C=O) groups is 3. The maximum atomic E-state index is 13.2. The van der Waals surface area contributed by atoms with Crippen molar-refractivity contribution in [2.75, 3.05) is 52.3 Å². The molecule has 0 aliphatic carbocycles. The van der Waals surface area contributed by atoms with Gasteiger partial charge >= 0.3 is 0 Å². The number of fused-ring (bicyclic) bond motifs is 1. The molecule has 1 aliphatic heterocycles. The molecule has 35 heavy (non-hydrogen) atoms. The summed E-state index contributed by atoms with van der Waals surface area (Å²) in [6.07, 6.45) is 11.3. The molecule has 1 aliphatic rings. The maximum absolute atomic E-state index is 13.2. The van der Waals surface area contributed by atoms with Gasteiger partial charge in [-0.05, 0) is 31.2 Å². The lowest BCUT2D eigenvalue weighted by Crippen LogP contribution is -2.47. The number of terminal acetylenes is 2. The smallest absolute Gasteiger partial charge is 0.272 e. The van der Waals surface area contributed by atoms with Crippen molar-refractivity contribution in [2.24, 2.45) is 0 Å². The molecule has 0 fully saturated rings. The van der Waals surface area contributed by atoms with E-state index in [2.05, 4.69) is 16.9 Å². The lowest BCUT2D eigenvalue weighted by Gasteiger charge is -2.32. The maximum Gasteiger partial charge on any atom is 0.272 e. The number of ether oxygens (including phenoxy) is 1. The number of hydrogen-bond acceptors (Lipinski definition) is 5. The van der Waals surface area contributed by atoms with Crippen LogP contribution in [0, 0.1) is 24.7 Å². The van der Waals surface area contributed by atoms with E-state index < -0.39 is 0 Å². The van der Waals surface area contributed by atoms with Crippen molar-refractivity contribution in [2.45, 2.75) is 19.4 Å². The molecular weight excluding hydrogens is 446 g/mol. The second-order valence-corrected chi connectivity index (χ2v) is 8.43. The first-order valence-electron chi connectivity index (χ1n) is 11.1. The molecule has 0 saturated carbocycles. The third-order valence-electron chi connectivity index (χ3n) is 5.93. The molecule has 0 radical (unpaired) electrons. The van der Waals surface area contributed by atoms with Crippen molar-refractivity contribution >= 4 is 23.4 Å². The minimum Gasteiger partial charge on any atom is -0.375 e. The Kier molecular flexibility index (Phi) is 7.95. The van der Waals surface area contributed by atoms with E-state index in [1.807, 2.05) is 6.92 Å². The highest BCUT2D eigenvalue weighted by Gasteiger charge is 2.33. The molecule has 2 aromatic rings. The molecule has 1 atom stereocenters. The lowest BCUT2D eigenvalue weighted by atomic mass is 10.0. The van der Waals surface area contributed by atoms with Gasteiger partial charge < -0.3 is 19.4 Å². The van der Waals surface area contributed by atoms with Gasteiger partial charge in [-0.25, -0.2) is 0 Å². The van der Waals surface area contributed by atoms with Crippen LogP contribution in [0.4, 0.5) is 5.69 Å². The number of rotatable bonds is 8. The Morgan fingerprint density at radius 1 is 1.23 bits per heavy atom. The third kappa shape index (κ3) is 5.37. The van der Waals surface area contributed by atoms with E-state index in [0.717, 1.165) is 0 Å². The van der Waals surface area contributed by atoms with Gasteiger partial charge in [0, 0.05) is 51.8 Å². The zero-order chi connectivity index (χ0) is 25.7. The molecule has 9 heteroatoms. The Morgan fingerprint density at radius 3 is 2.63 bits per heavy atom. The molecule has 2 heterocycles. The van der Waals surface area contributed by atoms with Gasteiger partial charge in [0.05, 0.1) is 17.4 Å². The Hall–Kier alpha value is -4.08. The number of methoxy groups -OCH3 is 1. The van der Waals surface area contributed by atoms with Gasteiger partial charge in [-0.3, -0.25) is 19.1 Å². The largest absolute Gasteiger partial charge is 0.375 e.